The Morgan fingerprint density at radius 3 is 2.67 bits per heavy atom. The third kappa shape index (κ3) is 2.97. The van der Waals surface area contributed by atoms with E-state index in [0.717, 1.165) is 11.1 Å². The van der Waals surface area contributed by atoms with Crippen LogP contribution in [0.15, 0.2) is 41.8 Å². The average molecular weight is 261 g/mol. The smallest absolute Gasteiger partial charge is 0.261 e. The number of hydrogen-bond acceptors (Lipinski definition) is 3. The minimum atomic E-state index is -0.671. The Bertz CT molecular complexity index is 522. The molecule has 2 aromatic rings. The molecular weight excluding hydrogens is 246 g/mol. The van der Waals surface area contributed by atoms with Crippen molar-refractivity contribution in [1.82, 2.24) is 5.32 Å². The normalized spacial score (nSPS) is 12.1. The van der Waals surface area contributed by atoms with E-state index >= 15 is 0 Å². The van der Waals surface area contributed by atoms with Gasteiger partial charge in [0.05, 0.1) is 11.0 Å². The Labute approximate surface area is 110 Å². The molecule has 1 atom stereocenters. The number of aliphatic hydroxyl groups excluding tert-OH is 1. The van der Waals surface area contributed by atoms with Crippen LogP contribution in [0.3, 0.4) is 0 Å². The van der Waals surface area contributed by atoms with E-state index in [4.69, 9.17) is 0 Å². The Hall–Kier alpha value is -1.65. The summed E-state index contributed by atoms with van der Waals surface area (Å²) >= 11 is 1.41. The summed E-state index contributed by atoms with van der Waals surface area (Å²) in [6.07, 6.45) is -0.671. The minimum Gasteiger partial charge on any atom is -0.387 e. The number of hydrogen-bond donors (Lipinski definition) is 2. The molecule has 0 aliphatic carbocycles. The largest absolute Gasteiger partial charge is 0.387 e. The van der Waals surface area contributed by atoms with Crippen LogP contribution >= 0.6 is 11.3 Å². The molecular formula is C14H15NO2S. The molecule has 0 aliphatic rings. The van der Waals surface area contributed by atoms with Crippen molar-refractivity contribution in [3.05, 3.63) is 57.8 Å². The highest BCUT2D eigenvalue weighted by Crippen LogP contribution is 2.16. The summed E-state index contributed by atoms with van der Waals surface area (Å²) in [4.78, 5) is 12.6. The molecule has 0 radical (unpaired) electrons. The predicted molar refractivity (Wildman–Crippen MR) is 72.8 cm³/mol. The fraction of sp³-hybridized carbons (Fsp3) is 0.214. The fourth-order valence-electron chi connectivity index (χ4n) is 1.67. The van der Waals surface area contributed by atoms with Gasteiger partial charge in [-0.3, -0.25) is 4.79 Å². The van der Waals surface area contributed by atoms with E-state index in [9.17, 15) is 9.90 Å². The molecule has 4 heteroatoms. The van der Waals surface area contributed by atoms with Gasteiger partial charge in [-0.1, -0.05) is 30.3 Å². The van der Waals surface area contributed by atoms with Crippen molar-refractivity contribution in [3.8, 4) is 0 Å². The molecule has 1 unspecified atom stereocenters. The molecule has 3 nitrogen and oxygen atoms in total. The minimum absolute atomic E-state index is 0.127. The Morgan fingerprint density at radius 2 is 2.06 bits per heavy atom. The molecule has 1 aromatic carbocycles. The summed E-state index contributed by atoms with van der Waals surface area (Å²) in [5.74, 6) is -0.127. The molecule has 1 amide bonds. The third-order valence-electron chi connectivity index (χ3n) is 2.71. The molecule has 18 heavy (non-hydrogen) atoms. The van der Waals surface area contributed by atoms with Crippen molar-refractivity contribution < 1.29 is 9.90 Å². The second kappa shape index (κ2) is 5.80. The lowest BCUT2D eigenvalue weighted by molar-refractivity contribution is 0.0920. The number of aryl methyl sites for hydroxylation is 1. The number of amides is 1. The van der Waals surface area contributed by atoms with E-state index in [1.807, 2.05) is 48.7 Å². The number of aliphatic hydroxyl groups is 1. The second-order valence-electron chi connectivity index (χ2n) is 4.07. The van der Waals surface area contributed by atoms with Crippen LogP contribution in [0.25, 0.3) is 0 Å². The van der Waals surface area contributed by atoms with Gasteiger partial charge in [0, 0.05) is 6.54 Å². The lowest BCUT2D eigenvalue weighted by atomic mass is 10.1. The summed E-state index contributed by atoms with van der Waals surface area (Å²) in [7, 11) is 0. The van der Waals surface area contributed by atoms with Gasteiger partial charge in [0.25, 0.3) is 5.91 Å². The number of rotatable bonds is 4. The summed E-state index contributed by atoms with van der Waals surface area (Å²) in [6, 6.07) is 11.2. The quantitative estimate of drug-likeness (QED) is 0.888. The molecule has 0 spiro atoms. The van der Waals surface area contributed by atoms with Gasteiger partial charge >= 0.3 is 0 Å². The average Bonchev–Trinajstić information content (AvgIpc) is 2.83. The summed E-state index contributed by atoms with van der Waals surface area (Å²) in [6.45, 7) is 2.12. The monoisotopic (exact) mass is 261 g/mol. The van der Waals surface area contributed by atoms with Gasteiger partial charge in [-0.05, 0) is 29.5 Å². The van der Waals surface area contributed by atoms with Crippen molar-refractivity contribution in [2.45, 2.75) is 13.0 Å². The maximum atomic E-state index is 11.9. The van der Waals surface area contributed by atoms with Crippen molar-refractivity contribution >= 4 is 17.2 Å². The molecule has 2 N–H and O–H groups in total. The van der Waals surface area contributed by atoms with E-state index in [0.29, 0.717) is 4.88 Å². The van der Waals surface area contributed by atoms with E-state index in [1.165, 1.54) is 11.3 Å². The third-order valence-corrected chi connectivity index (χ3v) is 3.72. The Balaban J connectivity index is 1.93. The van der Waals surface area contributed by atoms with E-state index < -0.39 is 6.10 Å². The first-order chi connectivity index (χ1) is 8.68. The highest BCUT2D eigenvalue weighted by atomic mass is 32.1. The molecule has 94 valence electrons. The van der Waals surface area contributed by atoms with Crippen molar-refractivity contribution in [2.24, 2.45) is 0 Å². The predicted octanol–water partition coefficient (Wildman–Crippen LogP) is 2.52. The van der Waals surface area contributed by atoms with Crippen LogP contribution in [-0.2, 0) is 0 Å². The molecule has 0 saturated carbocycles. The molecule has 0 saturated heterocycles. The van der Waals surface area contributed by atoms with Crippen molar-refractivity contribution in [2.75, 3.05) is 6.54 Å². The van der Waals surface area contributed by atoms with Gasteiger partial charge in [-0.2, -0.15) is 0 Å². The maximum absolute atomic E-state index is 11.9. The highest BCUT2D eigenvalue weighted by molar-refractivity contribution is 7.12. The lowest BCUT2D eigenvalue weighted by Crippen LogP contribution is -2.28. The SMILES string of the molecule is Cc1ccsc1C(=O)NCC(O)c1ccccc1. The second-order valence-corrected chi connectivity index (χ2v) is 4.99. The number of carbonyl (C=O) groups is 1. The van der Waals surface area contributed by atoms with Crippen LogP contribution in [0.2, 0.25) is 0 Å². The van der Waals surface area contributed by atoms with Crippen molar-refractivity contribution in [1.29, 1.82) is 0 Å². The molecule has 1 heterocycles. The van der Waals surface area contributed by atoms with Crippen LogP contribution in [-0.4, -0.2) is 17.6 Å². The first-order valence-corrected chi connectivity index (χ1v) is 6.61. The zero-order valence-corrected chi connectivity index (χ0v) is 10.9. The van der Waals surface area contributed by atoms with Gasteiger partial charge in [0.15, 0.2) is 0 Å². The van der Waals surface area contributed by atoms with Crippen LogP contribution in [0.5, 0.6) is 0 Å². The van der Waals surface area contributed by atoms with Crippen molar-refractivity contribution in [3.63, 3.8) is 0 Å². The van der Waals surface area contributed by atoms with Crippen LogP contribution in [0, 0.1) is 6.92 Å². The van der Waals surface area contributed by atoms with E-state index in [-0.39, 0.29) is 12.5 Å². The maximum Gasteiger partial charge on any atom is 0.261 e. The topological polar surface area (TPSA) is 49.3 Å². The molecule has 1 aromatic heterocycles. The van der Waals surface area contributed by atoms with Crippen LogP contribution in [0.4, 0.5) is 0 Å². The summed E-state index contributed by atoms with van der Waals surface area (Å²) in [5, 5.41) is 14.6. The van der Waals surface area contributed by atoms with Gasteiger partial charge in [-0.15, -0.1) is 11.3 Å². The number of benzene rings is 1. The first kappa shape index (κ1) is 12.8. The Kier molecular flexibility index (Phi) is 4.12. The van der Waals surface area contributed by atoms with Gasteiger partial charge < -0.3 is 10.4 Å². The van der Waals surface area contributed by atoms with Gasteiger partial charge in [0.1, 0.15) is 0 Å². The van der Waals surface area contributed by atoms with Crippen LogP contribution < -0.4 is 5.32 Å². The summed E-state index contributed by atoms with van der Waals surface area (Å²) in [5.41, 5.74) is 1.77. The standard InChI is InChI=1S/C14H15NO2S/c1-10-7-8-18-13(10)14(17)15-9-12(16)11-5-3-2-4-6-11/h2-8,12,16H,9H2,1H3,(H,15,17). The van der Waals surface area contributed by atoms with Crippen LogP contribution in [0.1, 0.15) is 26.9 Å². The van der Waals surface area contributed by atoms with E-state index in [2.05, 4.69) is 5.32 Å². The zero-order chi connectivity index (χ0) is 13.0. The molecule has 0 aliphatic heterocycles. The lowest BCUT2D eigenvalue weighted by Gasteiger charge is -2.11. The van der Waals surface area contributed by atoms with E-state index in [1.54, 1.807) is 0 Å². The van der Waals surface area contributed by atoms with Gasteiger partial charge in [0.2, 0.25) is 0 Å². The zero-order valence-electron chi connectivity index (χ0n) is 10.1. The number of thiophene rings is 1. The molecule has 0 fully saturated rings. The molecule has 2 rings (SSSR count). The number of nitrogens with one attached hydrogen (secondary N) is 1. The Morgan fingerprint density at radius 1 is 1.33 bits per heavy atom. The number of carbonyl (C=O) groups excluding carboxylic acids is 1. The highest BCUT2D eigenvalue weighted by Gasteiger charge is 2.12. The van der Waals surface area contributed by atoms with Gasteiger partial charge in [-0.25, -0.2) is 0 Å². The fourth-order valence-corrected chi connectivity index (χ4v) is 2.51. The first-order valence-electron chi connectivity index (χ1n) is 5.74. The summed E-state index contributed by atoms with van der Waals surface area (Å²) < 4.78 is 0. The molecule has 0 bridgehead atoms.